The minimum absolute atomic E-state index is 0.0169. The van der Waals surface area contributed by atoms with Gasteiger partial charge in [0.1, 0.15) is 0 Å². The minimum Gasteiger partial charge on any atom is -0.481 e. The van der Waals surface area contributed by atoms with Gasteiger partial charge in [-0.2, -0.15) is 0 Å². The van der Waals surface area contributed by atoms with Gasteiger partial charge in [0.15, 0.2) is 0 Å². The van der Waals surface area contributed by atoms with E-state index >= 15 is 0 Å². The smallest absolute Gasteiger partial charge is 0.310 e. The molecule has 1 aliphatic carbocycles. The Labute approximate surface area is 141 Å². The molecule has 130 valence electrons. The number of hydrogen-bond acceptors (Lipinski definition) is 3. The van der Waals surface area contributed by atoms with Crippen molar-refractivity contribution in [3.05, 3.63) is 29.3 Å². The van der Waals surface area contributed by atoms with Gasteiger partial charge in [-0.1, -0.05) is 6.42 Å². The first-order valence-electron chi connectivity index (χ1n) is 8.18. The summed E-state index contributed by atoms with van der Waals surface area (Å²) in [5.74, 6) is -1.36. The molecule has 6 nitrogen and oxygen atoms in total. The number of carboxylic acids is 1. The van der Waals surface area contributed by atoms with Crippen LogP contribution in [0, 0.1) is 12.3 Å². The van der Waals surface area contributed by atoms with Crippen LogP contribution in [-0.4, -0.2) is 28.9 Å². The molecule has 1 saturated carbocycles. The fraction of sp³-hybridized carbons (Fsp3) is 0.500. The third kappa shape index (κ3) is 3.93. The molecule has 1 aromatic carbocycles. The molecule has 1 fully saturated rings. The lowest BCUT2D eigenvalue weighted by Gasteiger charge is -2.36. The highest BCUT2D eigenvalue weighted by atomic mass is 16.4. The van der Waals surface area contributed by atoms with Crippen LogP contribution in [0.25, 0.3) is 0 Å². The maximum Gasteiger partial charge on any atom is 0.310 e. The number of carboxylic acid groups (broad SMARTS) is 1. The zero-order chi connectivity index (χ0) is 17.9. The van der Waals surface area contributed by atoms with E-state index in [1.54, 1.807) is 25.1 Å². The number of hydrogen-bond donors (Lipinski definition) is 3. The number of anilines is 1. The number of amides is 2. The zero-order valence-electron chi connectivity index (χ0n) is 14.3. The number of aliphatic carboxylic acids is 1. The van der Waals surface area contributed by atoms with Gasteiger partial charge in [0, 0.05) is 23.7 Å². The van der Waals surface area contributed by atoms with Crippen molar-refractivity contribution in [3.8, 4) is 0 Å². The van der Waals surface area contributed by atoms with E-state index in [0.717, 1.165) is 12.0 Å². The molecule has 0 aromatic heterocycles. The van der Waals surface area contributed by atoms with Crippen molar-refractivity contribution >= 4 is 23.5 Å². The van der Waals surface area contributed by atoms with Crippen molar-refractivity contribution in [2.45, 2.75) is 52.5 Å². The molecule has 0 radical (unpaired) electrons. The van der Waals surface area contributed by atoms with Crippen molar-refractivity contribution in [3.63, 3.8) is 0 Å². The summed E-state index contributed by atoms with van der Waals surface area (Å²) in [7, 11) is 0. The molecule has 0 atom stereocenters. The highest BCUT2D eigenvalue weighted by Gasteiger charge is 2.45. The summed E-state index contributed by atoms with van der Waals surface area (Å²) in [6.45, 7) is 5.58. The molecule has 24 heavy (non-hydrogen) atoms. The SMILES string of the molecule is Cc1cc(NC(=O)CC2(C(=O)O)CCC2)ccc1C(=O)NC(C)C. The van der Waals surface area contributed by atoms with E-state index in [2.05, 4.69) is 10.6 Å². The van der Waals surface area contributed by atoms with Gasteiger partial charge in [-0.3, -0.25) is 14.4 Å². The first kappa shape index (κ1) is 18.0. The summed E-state index contributed by atoms with van der Waals surface area (Å²) < 4.78 is 0. The maximum absolute atomic E-state index is 12.1. The number of carbonyl (C=O) groups excluding carboxylic acids is 2. The van der Waals surface area contributed by atoms with Crippen LogP contribution in [0.4, 0.5) is 5.69 Å². The predicted molar refractivity (Wildman–Crippen MR) is 90.9 cm³/mol. The van der Waals surface area contributed by atoms with Gasteiger partial charge < -0.3 is 15.7 Å². The molecule has 0 aliphatic heterocycles. The second kappa shape index (κ2) is 7.03. The second-order valence-electron chi connectivity index (χ2n) is 6.82. The van der Waals surface area contributed by atoms with E-state index < -0.39 is 11.4 Å². The maximum atomic E-state index is 12.1. The van der Waals surface area contributed by atoms with Crippen LogP contribution < -0.4 is 10.6 Å². The number of aryl methyl sites for hydroxylation is 1. The Morgan fingerprint density at radius 3 is 2.38 bits per heavy atom. The molecule has 0 unspecified atom stereocenters. The fourth-order valence-electron chi connectivity index (χ4n) is 2.92. The van der Waals surface area contributed by atoms with E-state index in [9.17, 15) is 19.5 Å². The van der Waals surface area contributed by atoms with Gasteiger partial charge in [-0.25, -0.2) is 0 Å². The van der Waals surface area contributed by atoms with Crippen LogP contribution in [0.15, 0.2) is 18.2 Å². The first-order valence-corrected chi connectivity index (χ1v) is 8.18. The molecular weight excluding hydrogens is 308 g/mol. The predicted octanol–water partition coefficient (Wildman–Crippen LogP) is 2.72. The van der Waals surface area contributed by atoms with Crippen molar-refractivity contribution in [1.29, 1.82) is 0 Å². The summed E-state index contributed by atoms with van der Waals surface area (Å²) in [6.07, 6.45) is 1.92. The lowest BCUT2D eigenvalue weighted by atomic mass is 9.66. The van der Waals surface area contributed by atoms with E-state index in [-0.39, 0.29) is 24.3 Å². The Balaban J connectivity index is 2.03. The standard InChI is InChI=1S/C18H24N2O4/c1-11(2)19-16(22)14-6-5-13(9-12(14)3)20-15(21)10-18(17(23)24)7-4-8-18/h5-6,9,11H,4,7-8,10H2,1-3H3,(H,19,22)(H,20,21)(H,23,24). The lowest BCUT2D eigenvalue weighted by Crippen LogP contribution is -2.41. The van der Waals surface area contributed by atoms with Gasteiger partial charge in [-0.15, -0.1) is 0 Å². The average molecular weight is 332 g/mol. The summed E-state index contributed by atoms with van der Waals surface area (Å²) >= 11 is 0. The van der Waals surface area contributed by atoms with Crippen molar-refractivity contribution in [2.75, 3.05) is 5.32 Å². The Kier molecular flexibility index (Phi) is 5.26. The van der Waals surface area contributed by atoms with Crippen molar-refractivity contribution in [2.24, 2.45) is 5.41 Å². The molecule has 2 rings (SSSR count). The summed E-state index contributed by atoms with van der Waals surface area (Å²) in [5, 5.41) is 14.8. The molecular formula is C18H24N2O4. The Morgan fingerprint density at radius 1 is 1.25 bits per heavy atom. The molecule has 2 amide bonds. The molecule has 1 aliphatic rings. The molecule has 1 aromatic rings. The largest absolute Gasteiger partial charge is 0.481 e. The number of benzene rings is 1. The van der Waals surface area contributed by atoms with Crippen LogP contribution in [0.2, 0.25) is 0 Å². The van der Waals surface area contributed by atoms with Gasteiger partial charge in [0.2, 0.25) is 5.91 Å². The summed E-state index contributed by atoms with van der Waals surface area (Å²) in [4.78, 5) is 35.5. The van der Waals surface area contributed by atoms with Gasteiger partial charge in [0.05, 0.1) is 5.41 Å². The van der Waals surface area contributed by atoms with Crippen LogP contribution in [0.3, 0.4) is 0 Å². The van der Waals surface area contributed by atoms with Gasteiger partial charge >= 0.3 is 5.97 Å². The first-order chi connectivity index (χ1) is 11.2. The van der Waals surface area contributed by atoms with Crippen molar-refractivity contribution in [1.82, 2.24) is 5.32 Å². The number of nitrogens with one attached hydrogen (secondary N) is 2. The van der Waals surface area contributed by atoms with Gasteiger partial charge in [-0.05, 0) is 57.4 Å². The molecule has 6 heteroatoms. The second-order valence-corrected chi connectivity index (χ2v) is 6.82. The number of rotatable bonds is 6. The van der Waals surface area contributed by atoms with Gasteiger partial charge in [0.25, 0.3) is 5.91 Å². The molecule has 0 heterocycles. The van der Waals surface area contributed by atoms with Crippen LogP contribution in [-0.2, 0) is 9.59 Å². The molecule has 0 bridgehead atoms. The number of carbonyl (C=O) groups is 3. The van der Waals surface area contributed by atoms with E-state index in [4.69, 9.17) is 0 Å². The van der Waals surface area contributed by atoms with Crippen LogP contribution >= 0.6 is 0 Å². The quantitative estimate of drug-likeness (QED) is 0.746. The third-order valence-electron chi connectivity index (χ3n) is 4.44. The lowest BCUT2D eigenvalue weighted by molar-refractivity contribution is -0.157. The van der Waals surface area contributed by atoms with Crippen molar-refractivity contribution < 1.29 is 19.5 Å². The highest BCUT2D eigenvalue weighted by Crippen LogP contribution is 2.44. The molecule has 3 N–H and O–H groups in total. The van der Waals surface area contributed by atoms with Crippen LogP contribution in [0.5, 0.6) is 0 Å². The molecule has 0 spiro atoms. The summed E-state index contributed by atoms with van der Waals surface area (Å²) in [5.41, 5.74) is 0.972. The van der Waals surface area contributed by atoms with Crippen LogP contribution in [0.1, 0.15) is 55.5 Å². The summed E-state index contributed by atoms with van der Waals surface area (Å²) in [6, 6.07) is 5.10. The minimum atomic E-state index is -0.907. The van der Waals surface area contributed by atoms with E-state index in [1.165, 1.54) is 0 Å². The zero-order valence-corrected chi connectivity index (χ0v) is 14.3. The highest BCUT2D eigenvalue weighted by molar-refractivity contribution is 5.98. The Morgan fingerprint density at radius 2 is 1.92 bits per heavy atom. The Hall–Kier alpha value is -2.37. The topological polar surface area (TPSA) is 95.5 Å². The normalized spacial score (nSPS) is 15.5. The van der Waals surface area contributed by atoms with E-state index in [0.29, 0.717) is 24.1 Å². The van der Waals surface area contributed by atoms with E-state index in [1.807, 2.05) is 13.8 Å². The average Bonchev–Trinajstić information content (AvgIpc) is 2.41. The molecule has 0 saturated heterocycles. The monoisotopic (exact) mass is 332 g/mol. The third-order valence-corrected chi connectivity index (χ3v) is 4.44. The Bertz CT molecular complexity index is 663. The fourth-order valence-corrected chi connectivity index (χ4v) is 2.92.